The monoisotopic (exact) mass is 298 g/mol. The van der Waals surface area contributed by atoms with Gasteiger partial charge in [-0.15, -0.1) is 0 Å². The summed E-state index contributed by atoms with van der Waals surface area (Å²) < 4.78 is 13.6. The summed E-state index contributed by atoms with van der Waals surface area (Å²) in [6.45, 7) is 6.49. The first-order chi connectivity index (χ1) is 9.81. The van der Waals surface area contributed by atoms with Crippen LogP contribution < -0.4 is 11.3 Å². The number of nitrogen functional groups attached to an aromatic ring is 1. The zero-order chi connectivity index (χ0) is 16.2. The van der Waals surface area contributed by atoms with Gasteiger partial charge in [-0.1, -0.05) is 13.8 Å². The molecule has 0 heterocycles. The number of amides is 1. The summed E-state index contributed by atoms with van der Waals surface area (Å²) in [7, 11) is 0. The molecule has 0 aliphatic heterocycles. The van der Waals surface area contributed by atoms with Gasteiger partial charge in [-0.25, -0.2) is 4.39 Å². The molecule has 1 aromatic carbocycles. The summed E-state index contributed by atoms with van der Waals surface area (Å²) in [5.74, 6) is 3.96. The van der Waals surface area contributed by atoms with Gasteiger partial charge in [0.25, 0.3) is 11.6 Å². The molecule has 0 aliphatic rings. The van der Waals surface area contributed by atoms with E-state index < -0.39 is 22.3 Å². The van der Waals surface area contributed by atoms with Crippen LogP contribution in [0.5, 0.6) is 0 Å². The molecule has 21 heavy (non-hydrogen) atoms. The number of anilines is 1. The number of hydrogen-bond acceptors (Lipinski definition) is 5. The average Bonchev–Trinajstić information content (AvgIpc) is 2.43. The minimum Gasteiger partial charge on any atom is -0.338 e. The number of halogens is 1. The summed E-state index contributed by atoms with van der Waals surface area (Å²) in [6.07, 6.45) is 0. The minimum absolute atomic E-state index is 0.162. The van der Waals surface area contributed by atoms with Gasteiger partial charge in [-0.2, -0.15) is 0 Å². The molecule has 0 saturated carbocycles. The molecule has 1 rings (SSSR count). The lowest BCUT2D eigenvalue weighted by molar-refractivity contribution is -0.385. The number of nitrogens with one attached hydrogen (secondary N) is 1. The zero-order valence-corrected chi connectivity index (χ0v) is 12.2. The maximum Gasteiger partial charge on any atom is 0.285 e. The zero-order valence-electron chi connectivity index (χ0n) is 12.2. The first kappa shape index (κ1) is 16.8. The number of nitro benzene ring substituents is 1. The van der Waals surface area contributed by atoms with Crippen molar-refractivity contribution in [1.82, 2.24) is 4.90 Å². The van der Waals surface area contributed by atoms with E-state index in [9.17, 15) is 19.3 Å². The lowest BCUT2D eigenvalue weighted by Gasteiger charge is -2.23. The molecule has 3 N–H and O–H groups in total. The summed E-state index contributed by atoms with van der Waals surface area (Å²) in [5.41, 5.74) is 1.17. The Balaban J connectivity index is 3.31. The molecule has 1 amide bonds. The Morgan fingerprint density at radius 3 is 2.57 bits per heavy atom. The highest BCUT2D eigenvalue weighted by Crippen LogP contribution is 2.27. The van der Waals surface area contributed by atoms with Gasteiger partial charge in [0.1, 0.15) is 5.56 Å². The number of nitrogens with zero attached hydrogens (tertiary/aromatic N) is 2. The summed E-state index contributed by atoms with van der Waals surface area (Å²) in [5, 5.41) is 11.0. The van der Waals surface area contributed by atoms with Crippen LogP contribution in [0.1, 0.15) is 31.1 Å². The van der Waals surface area contributed by atoms with E-state index in [1.54, 1.807) is 6.92 Å². The molecule has 0 unspecified atom stereocenters. The summed E-state index contributed by atoms with van der Waals surface area (Å²) in [4.78, 5) is 24.2. The first-order valence-electron chi connectivity index (χ1n) is 6.55. The van der Waals surface area contributed by atoms with E-state index >= 15 is 0 Å². The standard InChI is InChI=1S/C13H19FN4O3/c1-4-17(7-8(2)3)13(19)9-5-11(16-15)10(14)6-12(9)18(20)21/h5-6,8,16H,4,7,15H2,1-3H3. The molecule has 1 aromatic rings. The SMILES string of the molecule is CCN(CC(C)C)C(=O)c1cc(NN)c(F)cc1[N+](=O)[O-]. The molecule has 0 radical (unpaired) electrons. The van der Waals surface area contributed by atoms with E-state index in [1.165, 1.54) is 4.90 Å². The second kappa shape index (κ2) is 6.98. The molecule has 0 bridgehead atoms. The summed E-state index contributed by atoms with van der Waals surface area (Å²) >= 11 is 0. The van der Waals surface area contributed by atoms with Gasteiger partial charge in [-0.05, 0) is 18.9 Å². The number of carbonyl (C=O) groups is 1. The van der Waals surface area contributed by atoms with Gasteiger partial charge in [0, 0.05) is 13.1 Å². The highest BCUT2D eigenvalue weighted by Gasteiger charge is 2.26. The molecule has 0 aliphatic carbocycles. The third kappa shape index (κ3) is 3.88. The van der Waals surface area contributed by atoms with E-state index in [0.717, 1.165) is 6.07 Å². The normalized spacial score (nSPS) is 10.6. The van der Waals surface area contributed by atoms with Crippen LogP contribution in [0.25, 0.3) is 0 Å². The molecule has 0 aromatic heterocycles. The fourth-order valence-electron chi connectivity index (χ4n) is 1.96. The quantitative estimate of drug-likeness (QED) is 0.476. The number of rotatable bonds is 6. The lowest BCUT2D eigenvalue weighted by atomic mass is 10.1. The Morgan fingerprint density at radius 1 is 1.52 bits per heavy atom. The van der Waals surface area contributed by atoms with Crippen LogP contribution in [0.2, 0.25) is 0 Å². The molecule has 7 nitrogen and oxygen atoms in total. The van der Waals surface area contributed by atoms with Gasteiger partial charge >= 0.3 is 0 Å². The highest BCUT2D eigenvalue weighted by atomic mass is 19.1. The van der Waals surface area contributed by atoms with E-state index in [0.29, 0.717) is 19.2 Å². The fraction of sp³-hybridized carbons (Fsp3) is 0.462. The van der Waals surface area contributed by atoms with Crippen molar-refractivity contribution in [2.24, 2.45) is 11.8 Å². The smallest absolute Gasteiger partial charge is 0.285 e. The van der Waals surface area contributed by atoms with E-state index in [1.807, 2.05) is 13.8 Å². The van der Waals surface area contributed by atoms with E-state index in [2.05, 4.69) is 5.43 Å². The van der Waals surface area contributed by atoms with E-state index in [4.69, 9.17) is 5.84 Å². The molecule has 8 heteroatoms. The number of hydrogen-bond donors (Lipinski definition) is 2. The van der Waals surface area contributed by atoms with Gasteiger partial charge in [0.2, 0.25) is 0 Å². The number of nitrogens with two attached hydrogens (primary N) is 1. The molecular weight excluding hydrogens is 279 g/mol. The molecule has 0 fully saturated rings. The second-order valence-electron chi connectivity index (χ2n) is 4.99. The molecule has 116 valence electrons. The first-order valence-corrected chi connectivity index (χ1v) is 6.55. The Kier molecular flexibility index (Phi) is 5.60. The average molecular weight is 298 g/mol. The molecule has 0 atom stereocenters. The Morgan fingerprint density at radius 2 is 2.14 bits per heavy atom. The largest absolute Gasteiger partial charge is 0.338 e. The lowest BCUT2D eigenvalue weighted by Crippen LogP contribution is -2.34. The second-order valence-corrected chi connectivity index (χ2v) is 4.99. The van der Waals surface area contributed by atoms with Crippen molar-refractivity contribution in [3.8, 4) is 0 Å². The maximum absolute atomic E-state index is 13.6. The van der Waals surface area contributed by atoms with Crippen molar-refractivity contribution in [2.45, 2.75) is 20.8 Å². The number of nitro groups is 1. The third-order valence-corrected chi connectivity index (χ3v) is 2.92. The maximum atomic E-state index is 13.6. The molecule has 0 spiro atoms. The van der Waals surface area contributed by atoms with Crippen LogP contribution in [0.15, 0.2) is 12.1 Å². The predicted octanol–water partition coefficient (Wildman–Crippen LogP) is 2.14. The predicted molar refractivity (Wildman–Crippen MR) is 77.3 cm³/mol. The van der Waals surface area contributed by atoms with Crippen LogP contribution in [-0.4, -0.2) is 28.8 Å². The third-order valence-electron chi connectivity index (χ3n) is 2.92. The highest BCUT2D eigenvalue weighted by molar-refractivity contribution is 5.99. The molecular formula is C13H19FN4O3. The van der Waals surface area contributed by atoms with Gasteiger partial charge in [0.05, 0.1) is 16.7 Å². The van der Waals surface area contributed by atoms with Crippen LogP contribution >= 0.6 is 0 Å². The Bertz CT molecular complexity index is 548. The minimum atomic E-state index is -0.882. The van der Waals surface area contributed by atoms with Crippen molar-refractivity contribution in [1.29, 1.82) is 0 Å². The van der Waals surface area contributed by atoms with Gasteiger partial charge < -0.3 is 10.3 Å². The van der Waals surface area contributed by atoms with Crippen LogP contribution in [-0.2, 0) is 0 Å². The van der Waals surface area contributed by atoms with Gasteiger partial charge in [0.15, 0.2) is 5.82 Å². The van der Waals surface area contributed by atoms with Crippen LogP contribution in [0, 0.1) is 21.8 Å². The molecule has 0 saturated heterocycles. The van der Waals surface area contributed by atoms with Crippen LogP contribution in [0.4, 0.5) is 15.8 Å². The van der Waals surface area contributed by atoms with Crippen molar-refractivity contribution < 1.29 is 14.1 Å². The Labute approximate surface area is 122 Å². The van der Waals surface area contributed by atoms with Crippen molar-refractivity contribution >= 4 is 17.3 Å². The van der Waals surface area contributed by atoms with Crippen LogP contribution in [0.3, 0.4) is 0 Å². The Hall–Kier alpha value is -2.22. The van der Waals surface area contributed by atoms with Gasteiger partial charge in [-0.3, -0.25) is 20.8 Å². The van der Waals surface area contributed by atoms with Crippen molar-refractivity contribution in [2.75, 3.05) is 18.5 Å². The van der Waals surface area contributed by atoms with Crippen molar-refractivity contribution in [3.63, 3.8) is 0 Å². The number of benzene rings is 1. The number of hydrazine groups is 1. The van der Waals surface area contributed by atoms with Crippen molar-refractivity contribution in [3.05, 3.63) is 33.6 Å². The van der Waals surface area contributed by atoms with E-state index in [-0.39, 0.29) is 17.2 Å². The fourth-order valence-corrected chi connectivity index (χ4v) is 1.96. The summed E-state index contributed by atoms with van der Waals surface area (Å²) in [6, 6.07) is 1.77. The topological polar surface area (TPSA) is 102 Å². The number of carbonyl (C=O) groups excluding carboxylic acids is 1.